The molecule has 0 radical (unpaired) electrons. The molecule has 71 heavy (non-hydrogen) atoms. The molecule has 0 bridgehead atoms. The van der Waals surface area contributed by atoms with E-state index in [2.05, 4.69) is 266 Å². The Morgan fingerprint density at radius 2 is 1.07 bits per heavy atom. The Kier molecular flexibility index (Phi) is 9.74. The summed E-state index contributed by atoms with van der Waals surface area (Å²) in [6, 6.07) is 87.0. The molecule has 14 rings (SSSR count). The zero-order valence-electron chi connectivity index (χ0n) is 39.3. The molecule has 0 aromatic heterocycles. The third kappa shape index (κ3) is 6.63. The molecular formula is C69H49NO. The van der Waals surface area contributed by atoms with Crippen LogP contribution in [-0.2, 0) is 5.41 Å². The SMILES string of the molecule is C1=CC2=C(CC1)C1(c3cc(-c4cccc(N(c5ccc(-c6ccccc6)cc5)c5ccc(-c6ccccc6)c(-c6ccccc6)c5)c4)ccc32)c2ccc3ccccc3c2O[C@@H]2c3ccccc3C=CC21. The van der Waals surface area contributed by atoms with E-state index < -0.39 is 5.41 Å². The fraction of sp³-hybridized carbons (Fsp3) is 0.0725. The Labute approximate surface area is 415 Å². The van der Waals surface area contributed by atoms with Gasteiger partial charge in [0, 0.05) is 39.5 Å². The van der Waals surface area contributed by atoms with Crippen molar-refractivity contribution in [2.75, 3.05) is 4.90 Å². The molecule has 0 fully saturated rings. The number of rotatable bonds is 7. The highest BCUT2D eigenvalue weighted by molar-refractivity contribution is 5.96. The molecule has 2 nitrogen and oxygen atoms in total. The molecule has 0 saturated carbocycles. The van der Waals surface area contributed by atoms with Crippen molar-refractivity contribution in [3.63, 3.8) is 0 Å². The summed E-state index contributed by atoms with van der Waals surface area (Å²) in [5, 5.41) is 2.37. The summed E-state index contributed by atoms with van der Waals surface area (Å²) in [6.45, 7) is 0. The predicted molar refractivity (Wildman–Crippen MR) is 295 cm³/mol. The molecule has 0 amide bonds. The van der Waals surface area contributed by atoms with Gasteiger partial charge in [-0.05, 0) is 133 Å². The molecule has 1 aliphatic heterocycles. The molecule has 2 heteroatoms. The van der Waals surface area contributed by atoms with Gasteiger partial charge in [0.25, 0.3) is 0 Å². The summed E-state index contributed by atoms with van der Waals surface area (Å²) < 4.78 is 7.40. The maximum absolute atomic E-state index is 7.40. The van der Waals surface area contributed by atoms with Gasteiger partial charge in [0.15, 0.2) is 0 Å². The first-order chi connectivity index (χ1) is 35.2. The number of nitrogens with zero attached hydrogens (tertiary/aromatic N) is 1. The Hall–Kier alpha value is -8.72. The average molecular weight is 908 g/mol. The summed E-state index contributed by atoms with van der Waals surface area (Å²) in [4.78, 5) is 2.42. The zero-order valence-corrected chi connectivity index (χ0v) is 39.3. The van der Waals surface area contributed by atoms with Crippen molar-refractivity contribution >= 4 is 39.5 Å². The van der Waals surface area contributed by atoms with Gasteiger partial charge in [0.1, 0.15) is 11.9 Å². The summed E-state index contributed by atoms with van der Waals surface area (Å²) in [5.74, 6) is 1.07. The molecule has 336 valence electrons. The third-order valence-electron chi connectivity index (χ3n) is 15.6. The first-order valence-corrected chi connectivity index (χ1v) is 25.0. The topological polar surface area (TPSA) is 12.5 Å². The second-order valence-electron chi connectivity index (χ2n) is 19.4. The lowest BCUT2D eigenvalue weighted by Gasteiger charge is -2.50. The van der Waals surface area contributed by atoms with Crippen LogP contribution >= 0.6 is 0 Å². The van der Waals surface area contributed by atoms with E-state index in [9.17, 15) is 0 Å². The van der Waals surface area contributed by atoms with Crippen LogP contribution in [0.3, 0.4) is 0 Å². The van der Waals surface area contributed by atoms with Crippen LogP contribution in [0.2, 0.25) is 0 Å². The fourth-order valence-electron chi connectivity index (χ4n) is 12.5. The van der Waals surface area contributed by atoms with Crippen LogP contribution in [0.5, 0.6) is 5.75 Å². The number of hydrogen-bond donors (Lipinski definition) is 0. The Balaban J connectivity index is 0.953. The molecule has 1 heterocycles. The maximum Gasteiger partial charge on any atom is 0.132 e. The largest absolute Gasteiger partial charge is 0.484 e. The van der Waals surface area contributed by atoms with Gasteiger partial charge in [0.05, 0.1) is 5.41 Å². The van der Waals surface area contributed by atoms with E-state index in [-0.39, 0.29) is 12.0 Å². The Bertz CT molecular complexity index is 3790. The van der Waals surface area contributed by atoms with Crippen molar-refractivity contribution in [2.24, 2.45) is 5.92 Å². The average Bonchev–Trinajstić information content (AvgIpc) is 3.74. The van der Waals surface area contributed by atoms with Gasteiger partial charge >= 0.3 is 0 Å². The van der Waals surface area contributed by atoms with Crippen molar-refractivity contribution in [1.82, 2.24) is 0 Å². The minimum absolute atomic E-state index is 0.0532. The van der Waals surface area contributed by atoms with Crippen LogP contribution in [0.4, 0.5) is 17.1 Å². The number of ether oxygens (including phenoxy) is 1. The van der Waals surface area contributed by atoms with Gasteiger partial charge in [-0.2, -0.15) is 0 Å². The van der Waals surface area contributed by atoms with Crippen LogP contribution in [0.15, 0.2) is 260 Å². The van der Waals surface area contributed by atoms with Gasteiger partial charge < -0.3 is 9.64 Å². The van der Waals surface area contributed by atoms with E-state index in [1.165, 1.54) is 94.2 Å². The van der Waals surface area contributed by atoms with Gasteiger partial charge in [-0.1, -0.05) is 218 Å². The number of allylic oxidation sites excluding steroid dienone is 4. The monoisotopic (exact) mass is 907 g/mol. The quantitative estimate of drug-likeness (QED) is 0.158. The van der Waals surface area contributed by atoms with E-state index in [1.807, 2.05) is 0 Å². The van der Waals surface area contributed by atoms with Crippen molar-refractivity contribution in [1.29, 1.82) is 0 Å². The fourth-order valence-corrected chi connectivity index (χ4v) is 12.5. The molecule has 0 N–H and O–H groups in total. The minimum Gasteiger partial charge on any atom is -0.484 e. The predicted octanol–water partition coefficient (Wildman–Crippen LogP) is 18.2. The Morgan fingerprint density at radius 3 is 1.89 bits per heavy atom. The molecule has 2 unspecified atom stereocenters. The highest BCUT2D eigenvalue weighted by Crippen LogP contribution is 2.66. The maximum atomic E-state index is 7.40. The third-order valence-corrected chi connectivity index (χ3v) is 15.6. The lowest BCUT2D eigenvalue weighted by molar-refractivity contribution is 0.102. The zero-order chi connectivity index (χ0) is 46.9. The number of anilines is 3. The minimum atomic E-state index is -0.434. The molecule has 0 saturated heterocycles. The summed E-state index contributed by atoms with van der Waals surface area (Å²) in [5.41, 5.74) is 21.7. The van der Waals surface area contributed by atoms with E-state index in [0.29, 0.717) is 0 Å². The van der Waals surface area contributed by atoms with Gasteiger partial charge in [-0.15, -0.1) is 0 Å². The van der Waals surface area contributed by atoms with Crippen molar-refractivity contribution < 1.29 is 4.74 Å². The first-order valence-electron chi connectivity index (χ1n) is 25.0. The molecule has 3 atom stereocenters. The van der Waals surface area contributed by atoms with Crippen LogP contribution in [0.1, 0.15) is 46.8 Å². The van der Waals surface area contributed by atoms with Crippen molar-refractivity contribution in [2.45, 2.75) is 24.4 Å². The van der Waals surface area contributed by atoms with E-state index in [0.717, 1.165) is 35.7 Å². The summed E-state index contributed by atoms with van der Waals surface area (Å²) >= 11 is 0. The normalized spacial score (nSPS) is 18.0. The van der Waals surface area contributed by atoms with Crippen molar-refractivity contribution in [3.8, 4) is 50.3 Å². The molecule has 10 aromatic carbocycles. The molecule has 4 aliphatic rings. The van der Waals surface area contributed by atoms with Crippen LogP contribution in [0, 0.1) is 5.92 Å². The smallest absolute Gasteiger partial charge is 0.132 e. The molecule has 1 spiro atoms. The summed E-state index contributed by atoms with van der Waals surface area (Å²) in [6.07, 6.45) is 11.5. The van der Waals surface area contributed by atoms with E-state index in [1.54, 1.807) is 0 Å². The van der Waals surface area contributed by atoms with Gasteiger partial charge in [-0.3, -0.25) is 0 Å². The highest BCUT2D eigenvalue weighted by atomic mass is 16.5. The van der Waals surface area contributed by atoms with Crippen molar-refractivity contribution in [3.05, 3.63) is 288 Å². The standard InChI is InChI=1S/C69H49NO/c1-4-17-46(18-5-1)47-31-36-54(37-32-47)70(56-38-40-57(48-19-6-2-7-20-48)62(45-56)49-21-8-3-9-22-49)55-26-16-25-52(43-55)53-33-39-61-60-29-14-15-30-63(60)69(66(61)44-53)64-41-34-50-23-10-12-27-58(50)67(64)71-68-59-28-13-11-24-51(59)35-42-65(68)69/h1-14,16-29,31-45,64,67H,15,30H2/t64?,67-,69?/m1/s1. The first kappa shape index (κ1) is 41.3. The van der Waals surface area contributed by atoms with Crippen LogP contribution in [0.25, 0.3) is 66.9 Å². The number of benzene rings is 10. The lowest BCUT2D eigenvalue weighted by Crippen LogP contribution is -2.45. The van der Waals surface area contributed by atoms with Crippen LogP contribution in [-0.4, -0.2) is 0 Å². The second-order valence-corrected chi connectivity index (χ2v) is 19.4. The van der Waals surface area contributed by atoms with Crippen LogP contribution < -0.4 is 9.64 Å². The lowest BCUT2D eigenvalue weighted by atomic mass is 9.57. The highest BCUT2D eigenvalue weighted by Gasteiger charge is 2.58. The number of hydrogen-bond acceptors (Lipinski definition) is 2. The molecule has 3 aliphatic carbocycles. The molecule has 10 aromatic rings. The van der Waals surface area contributed by atoms with Gasteiger partial charge in [-0.25, -0.2) is 0 Å². The number of fused-ring (bicyclic) bond motifs is 12. The molecular weight excluding hydrogens is 859 g/mol. The van der Waals surface area contributed by atoms with Gasteiger partial charge in [0.2, 0.25) is 0 Å². The second kappa shape index (κ2) is 16.8. The summed E-state index contributed by atoms with van der Waals surface area (Å²) in [7, 11) is 0. The Morgan fingerprint density at radius 1 is 0.437 bits per heavy atom. The van der Waals surface area contributed by atoms with E-state index in [4.69, 9.17) is 4.74 Å². The van der Waals surface area contributed by atoms with E-state index >= 15 is 0 Å².